The van der Waals surface area contributed by atoms with Gasteiger partial charge >= 0.3 is 0 Å². The highest BCUT2D eigenvalue weighted by atomic mass is 16.2. The van der Waals surface area contributed by atoms with Gasteiger partial charge in [-0.2, -0.15) is 0 Å². The number of para-hydroxylation sites is 1. The minimum Gasteiger partial charge on any atom is -0.361 e. The molecule has 0 spiro atoms. The molecule has 30 heavy (non-hydrogen) atoms. The van der Waals surface area contributed by atoms with E-state index >= 15 is 0 Å². The second-order valence-corrected chi connectivity index (χ2v) is 6.74. The Morgan fingerprint density at radius 2 is 1.30 bits per heavy atom. The number of benzene rings is 4. The zero-order valence-electron chi connectivity index (χ0n) is 16.2. The van der Waals surface area contributed by atoms with Crippen molar-refractivity contribution in [3.8, 4) is 0 Å². The van der Waals surface area contributed by atoms with Crippen molar-refractivity contribution in [2.75, 3.05) is 10.6 Å². The third-order valence-electron chi connectivity index (χ3n) is 4.72. The van der Waals surface area contributed by atoms with Crippen molar-refractivity contribution in [2.24, 2.45) is 0 Å². The number of fused-ring (bicyclic) bond motifs is 1. The molecule has 0 aliphatic carbocycles. The van der Waals surface area contributed by atoms with Gasteiger partial charge in [0, 0.05) is 28.5 Å². The molecule has 0 saturated heterocycles. The molecule has 0 aromatic heterocycles. The van der Waals surface area contributed by atoms with Gasteiger partial charge < -0.3 is 10.6 Å². The maximum Gasteiger partial charge on any atom is 0.261 e. The Labute approximate surface area is 174 Å². The average molecular weight is 392 g/mol. The Hall–Kier alpha value is -4.18. The van der Waals surface area contributed by atoms with Crippen molar-refractivity contribution < 1.29 is 9.59 Å². The van der Waals surface area contributed by atoms with Gasteiger partial charge in [0.2, 0.25) is 0 Å². The molecule has 0 radical (unpaired) electrons. The highest BCUT2D eigenvalue weighted by molar-refractivity contribution is 6.29. The summed E-state index contributed by atoms with van der Waals surface area (Å²) >= 11 is 0. The number of anilines is 2. The summed E-state index contributed by atoms with van der Waals surface area (Å²) in [5.41, 5.74) is 1.92. The van der Waals surface area contributed by atoms with Crippen LogP contribution in [-0.2, 0) is 4.79 Å². The van der Waals surface area contributed by atoms with Crippen LogP contribution in [0.2, 0.25) is 0 Å². The van der Waals surface area contributed by atoms with Gasteiger partial charge in [0.25, 0.3) is 5.91 Å². The Bertz CT molecular complexity index is 1210. The fraction of sp³-hybridized carbons (Fsp3) is 0. The highest BCUT2D eigenvalue weighted by Crippen LogP contribution is 2.24. The monoisotopic (exact) mass is 392 g/mol. The number of hydrogen-bond acceptors (Lipinski definition) is 3. The van der Waals surface area contributed by atoms with E-state index in [9.17, 15) is 9.59 Å². The predicted molar refractivity (Wildman–Crippen MR) is 121 cm³/mol. The number of ketones is 1. The van der Waals surface area contributed by atoms with Crippen molar-refractivity contribution >= 4 is 33.8 Å². The normalized spacial score (nSPS) is 11.1. The Balaban J connectivity index is 1.67. The summed E-state index contributed by atoms with van der Waals surface area (Å²) < 4.78 is 0. The Morgan fingerprint density at radius 1 is 0.667 bits per heavy atom. The second-order valence-electron chi connectivity index (χ2n) is 6.74. The van der Waals surface area contributed by atoms with E-state index in [-0.39, 0.29) is 11.4 Å². The molecule has 0 bridgehead atoms. The summed E-state index contributed by atoms with van der Waals surface area (Å²) in [4.78, 5) is 26.2. The van der Waals surface area contributed by atoms with Gasteiger partial charge in [-0.15, -0.1) is 0 Å². The molecule has 4 aromatic carbocycles. The maximum absolute atomic E-state index is 13.2. The van der Waals surface area contributed by atoms with Crippen molar-refractivity contribution in [1.82, 2.24) is 0 Å². The van der Waals surface area contributed by atoms with Crippen molar-refractivity contribution in [2.45, 2.75) is 0 Å². The quantitative estimate of drug-likeness (QED) is 0.193. The first kappa shape index (κ1) is 19.2. The number of hydrogen-bond donors (Lipinski definition) is 2. The van der Waals surface area contributed by atoms with Crippen LogP contribution in [0.15, 0.2) is 115 Å². The molecule has 0 fully saturated rings. The Kier molecular flexibility index (Phi) is 5.67. The van der Waals surface area contributed by atoms with Crippen LogP contribution in [0.25, 0.3) is 10.8 Å². The molecule has 0 aliphatic heterocycles. The molecule has 4 rings (SSSR count). The first-order chi connectivity index (χ1) is 14.7. The zero-order valence-corrected chi connectivity index (χ0v) is 16.2. The summed E-state index contributed by atoms with van der Waals surface area (Å²) in [6.45, 7) is 0. The number of amides is 1. The zero-order chi connectivity index (χ0) is 20.8. The van der Waals surface area contributed by atoms with Crippen LogP contribution >= 0.6 is 0 Å². The lowest BCUT2D eigenvalue weighted by Gasteiger charge is -2.12. The first-order valence-electron chi connectivity index (χ1n) is 9.63. The molecule has 1 amide bonds. The molecule has 0 atom stereocenters. The van der Waals surface area contributed by atoms with E-state index in [2.05, 4.69) is 10.6 Å². The molecule has 4 nitrogen and oxygen atoms in total. The van der Waals surface area contributed by atoms with E-state index in [4.69, 9.17) is 0 Å². The lowest BCUT2D eigenvalue weighted by atomic mass is 10.0. The van der Waals surface area contributed by atoms with Crippen LogP contribution in [-0.4, -0.2) is 11.7 Å². The van der Waals surface area contributed by atoms with Crippen LogP contribution in [0.4, 0.5) is 11.4 Å². The molecule has 146 valence electrons. The van der Waals surface area contributed by atoms with Crippen LogP contribution in [0, 0.1) is 0 Å². The van der Waals surface area contributed by atoms with E-state index in [1.54, 1.807) is 24.3 Å². The highest BCUT2D eigenvalue weighted by Gasteiger charge is 2.20. The topological polar surface area (TPSA) is 58.2 Å². The predicted octanol–water partition coefficient (Wildman–Crippen LogP) is 5.66. The Morgan fingerprint density at radius 3 is 2.07 bits per heavy atom. The number of Topliss-reactive ketones (excluding diaryl/α,β-unsaturated/α-hetero) is 1. The fourth-order valence-corrected chi connectivity index (χ4v) is 3.19. The number of rotatable bonds is 6. The van der Waals surface area contributed by atoms with Gasteiger partial charge in [-0.25, -0.2) is 0 Å². The molecule has 0 aliphatic rings. The summed E-state index contributed by atoms with van der Waals surface area (Å²) in [7, 11) is 0. The maximum atomic E-state index is 13.2. The summed E-state index contributed by atoms with van der Waals surface area (Å²) in [6.07, 6.45) is 1.46. The SMILES string of the molecule is O=C(Nc1cccc2ccccc12)/C(=C\Nc1ccccc1)C(=O)c1ccccc1. The molecule has 0 unspecified atom stereocenters. The second kappa shape index (κ2) is 8.88. The fourth-order valence-electron chi connectivity index (χ4n) is 3.19. The first-order valence-corrected chi connectivity index (χ1v) is 9.63. The van der Waals surface area contributed by atoms with E-state index in [1.165, 1.54) is 6.20 Å². The van der Waals surface area contributed by atoms with Gasteiger partial charge in [-0.1, -0.05) is 84.9 Å². The van der Waals surface area contributed by atoms with Crippen molar-refractivity contribution in [3.63, 3.8) is 0 Å². The van der Waals surface area contributed by atoms with Gasteiger partial charge in [-0.3, -0.25) is 9.59 Å². The standard InChI is InChI=1S/C26H20N2O2/c29-25(20-11-3-1-4-12-20)23(18-27-21-14-5-2-6-15-21)26(30)28-24-17-9-13-19-10-7-8-16-22(19)24/h1-18,27H,(H,28,30)/b23-18-. The van der Waals surface area contributed by atoms with Gasteiger partial charge in [0.05, 0.1) is 0 Å². The molecular formula is C26H20N2O2. The molecule has 2 N–H and O–H groups in total. The van der Waals surface area contributed by atoms with Gasteiger partial charge in [0.1, 0.15) is 5.57 Å². The van der Waals surface area contributed by atoms with E-state index in [1.807, 2.05) is 78.9 Å². The van der Waals surface area contributed by atoms with Crippen molar-refractivity contribution in [1.29, 1.82) is 0 Å². The average Bonchev–Trinajstić information content (AvgIpc) is 2.80. The third kappa shape index (κ3) is 4.28. The van der Waals surface area contributed by atoms with Crippen LogP contribution in [0.3, 0.4) is 0 Å². The smallest absolute Gasteiger partial charge is 0.261 e. The van der Waals surface area contributed by atoms with E-state index in [0.717, 1.165) is 16.5 Å². The van der Waals surface area contributed by atoms with E-state index < -0.39 is 5.91 Å². The number of carbonyl (C=O) groups excluding carboxylic acids is 2. The lowest BCUT2D eigenvalue weighted by molar-refractivity contribution is -0.112. The minimum absolute atomic E-state index is 0.0259. The minimum atomic E-state index is -0.469. The van der Waals surface area contributed by atoms with Crippen molar-refractivity contribution in [3.05, 3.63) is 120 Å². The number of nitrogens with one attached hydrogen (secondary N) is 2. The largest absolute Gasteiger partial charge is 0.361 e. The molecule has 4 aromatic rings. The molecule has 4 heteroatoms. The summed E-state index contributed by atoms with van der Waals surface area (Å²) in [6, 6.07) is 31.6. The van der Waals surface area contributed by atoms with Crippen LogP contribution in [0.5, 0.6) is 0 Å². The van der Waals surface area contributed by atoms with E-state index in [0.29, 0.717) is 11.3 Å². The van der Waals surface area contributed by atoms with Gasteiger partial charge in [-0.05, 0) is 23.6 Å². The summed E-state index contributed by atoms with van der Waals surface area (Å²) in [5, 5.41) is 7.88. The molecular weight excluding hydrogens is 372 g/mol. The number of carbonyl (C=O) groups is 2. The summed E-state index contributed by atoms with van der Waals surface area (Å²) in [5.74, 6) is -0.819. The third-order valence-corrected chi connectivity index (χ3v) is 4.72. The van der Waals surface area contributed by atoms with Crippen LogP contribution in [0.1, 0.15) is 10.4 Å². The van der Waals surface area contributed by atoms with Crippen LogP contribution < -0.4 is 10.6 Å². The molecule has 0 heterocycles. The molecule has 0 saturated carbocycles. The van der Waals surface area contributed by atoms with Gasteiger partial charge in [0.15, 0.2) is 5.78 Å². The lowest BCUT2D eigenvalue weighted by Crippen LogP contribution is -2.22.